The van der Waals surface area contributed by atoms with E-state index in [1.165, 1.54) is 11.3 Å². The third-order valence-corrected chi connectivity index (χ3v) is 5.26. The summed E-state index contributed by atoms with van der Waals surface area (Å²) in [4.78, 5) is 27.7. The van der Waals surface area contributed by atoms with Crippen LogP contribution < -0.4 is 5.32 Å². The van der Waals surface area contributed by atoms with Crippen LogP contribution in [0.1, 0.15) is 38.5 Å². The van der Waals surface area contributed by atoms with E-state index in [9.17, 15) is 9.59 Å². The van der Waals surface area contributed by atoms with E-state index in [4.69, 9.17) is 11.6 Å². The molecule has 2 amide bonds. The molecule has 1 aliphatic rings. The van der Waals surface area contributed by atoms with Gasteiger partial charge in [-0.25, -0.2) is 0 Å². The van der Waals surface area contributed by atoms with Crippen molar-refractivity contribution in [2.75, 3.05) is 0 Å². The van der Waals surface area contributed by atoms with Gasteiger partial charge < -0.3 is 10.2 Å². The van der Waals surface area contributed by atoms with Crippen LogP contribution in [0.25, 0.3) is 0 Å². The molecule has 1 aromatic rings. The minimum absolute atomic E-state index is 0.00641. The highest BCUT2D eigenvalue weighted by atomic mass is 35.5. The van der Waals surface area contributed by atoms with Gasteiger partial charge in [0, 0.05) is 4.88 Å². The van der Waals surface area contributed by atoms with E-state index < -0.39 is 12.1 Å². The summed E-state index contributed by atoms with van der Waals surface area (Å²) in [5, 5.41) is 2.85. The number of piperazine rings is 1. The average Bonchev–Trinajstić information content (AvgIpc) is 2.87. The van der Waals surface area contributed by atoms with Crippen molar-refractivity contribution >= 4 is 34.8 Å². The highest BCUT2D eigenvalue weighted by molar-refractivity contribution is 7.16. The number of thiophene rings is 1. The smallest absolute Gasteiger partial charge is 0.246 e. The molecule has 0 spiro atoms. The van der Waals surface area contributed by atoms with Crippen molar-refractivity contribution in [3.05, 3.63) is 21.3 Å². The molecule has 6 heteroatoms. The van der Waals surface area contributed by atoms with Crippen molar-refractivity contribution in [2.45, 2.75) is 52.2 Å². The molecule has 2 heterocycles. The number of carbonyl (C=O) groups excluding carboxylic acids is 2. The molecule has 1 saturated heterocycles. The molecule has 3 unspecified atom stereocenters. The first-order valence-corrected chi connectivity index (χ1v) is 8.52. The van der Waals surface area contributed by atoms with E-state index in [-0.39, 0.29) is 17.7 Å². The lowest BCUT2D eigenvalue weighted by Crippen LogP contribution is -2.64. The highest BCUT2D eigenvalue weighted by Crippen LogP contribution is 2.27. The maximum Gasteiger partial charge on any atom is 0.246 e. The van der Waals surface area contributed by atoms with E-state index >= 15 is 0 Å². The lowest BCUT2D eigenvalue weighted by molar-refractivity contribution is -0.152. The third-order valence-electron chi connectivity index (χ3n) is 4.05. The van der Waals surface area contributed by atoms with Crippen LogP contribution in [0.4, 0.5) is 0 Å². The predicted molar refractivity (Wildman–Crippen MR) is 85.3 cm³/mol. The molecule has 1 N–H and O–H groups in total. The molecule has 21 heavy (non-hydrogen) atoms. The van der Waals surface area contributed by atoms with Gasteiger partial charge in [-0.2, -0.15) is 0 Å². The van der Waals surface area contributed by atoms with Crippen molar-refractivity contribution < 1.29 is 9.59 Å². The minimum atomic E-state index is -0.409. The van der Waals surface area contributed by atoms with Crippen LogP contribution in [0, 0.1) is 5.92 Å². The summed E-state index contributed by atoms with van der Waals surface area (Å²) in [6.07, 6.45) is 1.46. The molecule has 0 bridgehead atoms. The number of nitrogens with one attached hydrogen (secondary N) is 1. The monoisotopic (exact) mass is 328 g/mol. The van der Waals surface area contributed by atoms with E-state index in [0.717, 1.165) is 11.3 Å². The zero-order valence-electron chi connectivity index (χ0n) is 12.6. The Kier molecular flexibility index (Phi) is 5.27. The lowest BCUT2D eigenvalue weighted by Gasteiger charge is -2.41. The number of amides is 2. The second kappa shape index (κ2) is 6.79. The minimum Gasteiger partial charge on any atom is -0.343 e. The van der Waals surface area contributed by atoms with Crippen molar-refractivity contribution in [3.63, 3.8) is 0 Å². The van der Waals surface area contributed by atoms with E-state index in [1.807, 2.05) is 32.9 Å². The molecule has 4 nitrogen and oxygen atoms in total. The average molecular weight is 329 g/mol. The van der Waals surface area contributed by atoms with Gasteiger partial charge in [0.1, 0.15) is 12.1 Å². The predicted octanol–water partition coefficient (Wildman–Crippen LogP) is 3.05. The fourth-order valence-corrected chi connectivity index (χ4v) is 3.73. The van der Waals surface area contributed by atoms with Crippen molar-refractivity contribution in [1.29, 1.82) is 0 Å². The Labute approximate surface area is 134 Å². The van der Waals surface area contributed by atoms with Gasteiger partial charge in [-0.1, -0.05) is 38.8 Å². The molecular formula is C15H21ClN2O2S. The molecule has 3 atom stereocenters. The van der Waals surface area contributed by atoms with Crippen LogP contribution in [0.15, 0.2) is 12.1 Å². The summed E-state index contributed by atoms with van der Waals surface area (Å²) in [6, 6.07) is 2.94. The normalized spacial score (nSPS) is 24.1. The van der Waals surface area contributed by atoms with Gasteiger partial charge >= 0.3 is 0 Å². The van der Waals surface area contributed by atoms with Crippen LogP contribution in [0.3, 0.4) is 0 Å². The van der Waals surface area contributed by atoms with Crippen LogP contribution in [-0.2, 0) is 16.1 Å². The van der Waals surface area contributed by atoms with Crippen molar-refractivity contribution in [1.82, 2.24) is 10.2 Å². The number of carbonyl (C=O) groups is 2. The van der Waals surface area contributed by atoms with Crippen LogP contribution >= 0.6 is 22.9 Å². The molecule has 116 valence electrons. The third kappa shape index (κ3) is 3.40. The quantitative estimate of drug-likeness (QED) is 0.903. The largest absolute Gasteiger partial charge is 0.343 e. The summed E-state index contributed by atoms with van der Waals surface area (Å²) < 4.78 is 0.700. The van der Waals surface area contributed by atoms with E-state index in [0.29, 0.717) is 17.3 Å². The number of halogens is 1. The molecular weight excluding hydrogens is 308 g/mol. The van der Waals surface area contributed by atoms with Gasteiger partial charge in [-0.05, 0) is 24.5 Å². The van der Waals surface area contributed by atoms with Gasteiger partial charge in [-0.15, -0.1) is 11.3 Å². The SMILES string of the molecule is CCC1NC(=O)C(C(C)CC)N(Cc2ccc(Cl)s2)C1=O. The van der Waals surface area contributed by atoms with Gasteiger partial charge in [0.25, 0.3) is 0 Å². The molecule has 0 aromatic carbocycles. The Hall–Kier alpha value is -1.07. The van der Waals surface area contributed by atoms with Crippen LogP contribution in [0.2, 0.25) is 4.34 Å². The second-order valence-corrected chi connectivity index (χ2v) is 7.27. The Morgan fingerprint density at radius 3 is 2.62 bits per heavy atom. The first kappa shape index (κ1) is 16.3. The molecule has 1 fully saturated rings. The number of hydrogen-bond donors (Lipinski definition) is 1. The number of nitrogens with zero attached hydrogens (tertiary/aromatic N) is 1. The fraction of sp³-hybridized carbons (Fsp3) is 0.600. The maximum absolute atomic E-state index is 12.6. The Morgan fingerprint density at radius 2 is 2.10 bits per heavy atom. The van der Waals surface area contributed by atoms with Gasteiger partial charge in [-0.3, -0.25) is 9.59 Å². The lowest BCUT2D eigenvalue weighted by atomic mass is 9.93. The second-order valence-electron chi connectivity index (χ2n) is 5.47. The van der Waals surface area contributed by atoms with E-state index in [2.05, 4.69) is 5.32 Å². The maximum atomic E-state index is 12.6. The van der Waals surface area contributed by atoms with E-state index in [1.54, 1.807) is 4.90 Å². The van der Waals surface area contributed by atoms with Crippen LogP contribution in [-0.4, -0.2) is 28.8 Å². The van der Waals surface area contributed by atoms with Gasteiger partial charge in [0.15, 0.2) is 0 Å². The molecule has 1 aromatic heterocycles. The number of rotatable bonds is 5. The fourth-order valence-electron chi connectivity index (χ4n) is 2.64. The zero-order valence-corrected chi connectivity index (χ0v) is 14.1. The Morgan fingerprint density at radius 1 is 1.38 bits per heavy atom. The summed E-state index contributed by atoms with van der Waals surface area (Å²) in [5.41, 5.74) is 0. The standard InChI is InChI=1S/C15H21ClN2O2S/c1-4-9(3)13-14(19)17-11(5-2)15(20)18(13)8-10-6-7-12(16)21-10/h6-7,9,11,13H,4-5,8H2,1-3H3,(H,17,19). The summed E-state index contributed by atoms with van der Waals surface area (Å²) in [7, 11) is 0. The highest BCUT2D eigenvalue weighted by Gasteiger charge is 2.41. The van der Waals surface area contributed by atoms with Crippen molar-refractivity contribution in [3.8, 4) is 0 Å². The number of hydrogen-bond acceptors (Lipinski definition) is 3. The zero-order chi connectivity index (χ0) is 15.6. The topological polar surface area (TPSA) is 49.4 Å². The van der Waals surface area contributed by atoms with Crippen molar-refractivity contribution in [2.24, 2.45) is 5.92 Å². The summed E-state index contributed by atoms with van der Waals surface area (Å²) in [6.45, 7) is 6.41. The molecule has 0 saturated carbocycles. The van der Waals surface area contributed by atoms with Crippen LogP contribution in [0.5, 0.6) is 0 Å². The first-order chi connectivity index (χ1) is 9.97. The van der Waals surface area contributed by atoms with Gasteiger partial charge in [0.2, 0.25) is 11.8 Å². The molecule has 2 rings (SSSR count). The van der Waals surface area contributed by atoms with Gasteiger partial charge in [0.05, 0.1) is 10.9 Å². The Bertz CT molecular complexity index is 531. The molecule has 1 aliphatic heterocycles. The summed E-state index contributed by atoms with van der Waals surface area (Å²) in [5.74, 6) is 0.0903. The molecule has 0 aliphatic carbocycles. The Balaban J connectivity index is 2.28. The molecule has 0 radical (unpaired) electrons. The summed E-state index contributed by atoms with van der Waals surface area (Å²) >= 11 is 7.42. The first-order valence-electron chi connectivity index (χ1n) is 7.33.